The van der Waals surface area contributed by atoms with E-state index in [1.54, 1.807) is 13.1 Å². The third-order valence-electron chi connectivity index (χ3n) is 3.25. The van der Waals surface area contributed by atoms with E-state index in [2.05, 4.69) is 15.6 Å². The van der Waals surface area contributed by atoms with E-state index in [1.165, 1.54) is 0 Å². The molecule has 2 heterocycles. The summed E-state index contributed by atoms with van der Waals surface area (Å²) >= 11 is 0. The molecule has 0 bridgehead atoms. The van der Waals surface area contributed by atoms with E-state index in [-0.39, 0.29) is 11.8 Å². The number of carbonyl (C=O) groups is 2. The molecule has 3 N–H and O–H groups in total. The number of nitrogens with one attached hydrogen (secondary N) is 3. The van der Waals surface area contributed by atoms with Crippen LogP contribution in [0.15, 0.2) is 16.5 Å². The SMILES string of the molecule is CNC(=O)[C@H](CC(C)C)NC(=O)c1cc2oc(C)cc2[nH]1. The van der Waals surface area contributed by atoms with Crippen LogP contribution in [0.5, 0.6) is 0 Å². The van der Waals surface area contributed by atoms with Crippen LogP contribution in [0.3, 0.4) is 0 Å². The van der Waals surface area contributed by atoms with Gasteiger partial charge >= 0.3 is 0 Å². The molecule has 21 heavy (non-hydrogen) atoms. The number of fused-ring (bicyclic) bond motifs is 1. The third kappa shape index (κ3) is 3.45. The summed E-state index contributed by atoms with van der Waals surface area (Å²) < 4.78 is 5.45. The number of amides is 2. The van der Waals surface area contributed by atoms with Gasteiger partial charge in [-0.3, -0.25) is 9.59 Å². The van der Waals surface area contributed by atoms with Crippen molar-refractivity contribution in [1.82, 2.24) is 15.6 Å². The minimum absolute atomic E-state index is 0.192. The van der Waals surface area contributed by atoms with Crippen LogP contribution in [0.4, 0.5) is 0 Å². The minimum atomic E-state index is -0.543. The van der Waals surface area contributed by atoms with Crippen molar-refractivity contribution in [3.63, 3.8) is 0 Å². The molecule has 2 amide bonds. The van der Waals surface area contributed by atoms with Gasteiger partial charge in [0.1, 0.15) is 17.5 Å². The van der Waals surface area contributed by atoms with Gasteiger partial charge in [-0.15, -0.1) is 0 Å². The van der Waals surface area contributed by atoms with Gasteiger partial charge in [-0.25, -0.2) is 0 Å². The molecule has 1 atom stereocenters. The van der Waals surface area contributed by atoms with E-state index >= 15 is 0 Å². The Kier molecular flexibility index (Phi) is 4.35. The van der Waals surface area contributed by atoms with Crippen molar-refractivity contribution in [2.45, 2.75) is 33.2 Å². The molecule has 0 unspecified atom stereocenters. The molecule has 0 aromatic carbocycles. The maximum atomic E-state index is 12.2. The number of hydrogen-bond acceptors (Lipinski definition) is 3. The average Bonchev–Trinajstić information content (AvgIpc) is 2.93. The van der Waals surface area contributed by atoms with Crippen molar-refractivity contribution >= 4 is 22.9 Å². The Hall–Kier alpha value is -2.24. The van der Waals surface area contributed by atoms with Crippen molar-refractivity contribution < 1.29 is 14.0 Å². The first-order valence-electron chi connectivity index (χ1n) is 7.02. The van der Waals surface area contributed by atoms with Gasteiger partial charge in [0, 0.05) is 19.2 Å². The van der Waals surface area contributed by atoms with E-state index in [1.807, 2.05) is 26.8 Å². The number of aromatic amines is 1. The number of carbonyl (C=O) groups excluding carboxylic acids is 2. The lowest BCUT2D eigenvalue weighted by Crippen LogP contribution is -2.46. The Morgan fingerprint density at radius 1 is 1.33 bits per heavy atom. The molecule has 2 aromatic rings. The van der Waals surface area contributed by atoms with Crippen molar-refractivity contribution in [3.8, 4) is 0 Å². The second-order valence-electron chi connectivity index (χ2n) is 5.59. The number of aromatic nitrogens is 1. The first-order valence-corrected chi connectivity index (χ1v) is 7.02. The van der Waals surface area contributed by atoms with Gasteiger partial charge in [0.15, 0.2) is 5.58 Å². The first kappa shape index (κ1) is 15.2. The summed E-state index contributed by atoms with van der Waals surface area (Å²) in [5.74, 6) is 0.581. The second-order valence-corrected chi connectivity index (χ2v) is 5.59. The van der Waals surface area contributed by atoms with Gasteiger partial charge in [-0.05, 0) is 19.3 Å². The number of likely N-dealkylation sites (N-methyl/N-ethyl adjacent to an activating group) is 1. The highest BCUT2D eigenvalue weighted by Gasteiger charge is 2.22. The van der Waals surface area contributed by atoms with Crippen LogP contribution in [-0.4, -0.2) is 29.9 Å². The maximum absolute atomic E-state index is 12.2. The Balaban J connectivity index is 2.13. The fraction of sp³-hybridized carbons (Fsp3) is 0.467. The Labute approximate surface area is 123 Å². The minimum Gasteiger partial charge on any atom is -0.460 e. The van der Waals surface area contributed by atoms with Crippen molar-refractivity contribution in [2.75, 3.05) is 7.05 Å². The number of furan rings is 1. The normalized spacial score (nSPS) is 12.6. The summed E-state index contributed by atoms with van der Waals surface area (Å²) in [6.07, 6.45) is 0.585. The molecular weight excluding hydrogens is 270 g/mol. The third-order valence-corrected chi connectivity index (χ3v) is 3.25. The zero-order chi connectivity index (χ0) is 15.6. The summed E-state index contributed by atoms with van der Waals surface area (Å²) in [7, 11) is 1.56. The summed E-state index contributed by atoms with van der Waals surface area (Å²) in [5.41, 5.74) is 1.80. The molecule has 6 nitrogen and oxygen atoms in total. The van der Waals surface area contributed by atoms with Crippen molar-refractivity contribution in [2.24, 2.45) is 5.92 Å². The molecule has 0 aliphatic carbocycles. The molecule has 0 fully saturated rings. The zero-order valence-electron chi connectivity index (χ0n) is 12.7. The van der Waals surface area contributed by atoms with Crippen molar-refractivity contribution in [1.29, 1.82) is 0 Å². The van der Waals surface area contributed by atoms with Gasteiger partial charge in [0.25, 0.3) is 5.91 Å². The highest BCUT2D eigenvalue weighted by Crippen LogP contribution is 2.19. The Morgan fingerprint density at radius 2 is 2.05 bits per heavy atom. The van der Waals surface area contributed by atoms with Gasteiger partial charge in [0.2, 0.25) is 5.91 Å². The fourth-order valence-electron chi connectivity index (χ4n) is 2.28. The van der Waals surface area contributed by atoms with Crippen LogP contribution in [0, 0.1) is 12.8 Å². The molecule has 6 heteroatoms. The molecule has 114 valence electrons. The summed E-state index contributed by atoms with van der Waals surface area (Å²) in [6.45, 7) is 5.86. The molecule has 0 aliphatic rings. The number of H-pyrrole nitrogens is 1. The van der Waals surface area contributed by atoms with E-state index in [9.17, 15) is 9.59 Å². The lowest BCUT2D eigenvalue weighted by molar-refractivity contribution is -0.122. The van der Waals surface area contributed by atoms with E-state index in [4.69, 9.17) is 4.42 Å². The summed E-state index contributed by atoms with van der Waals surface area (Å²) in [6, 6.07) is 2.93. The van der Waals surface area contributed by atoms with Gasteiger partial charge in [-0.1, -0.05) is 13.8 Å². The van der Waals surface area contributed by atoms with Crippen LogP contribution in [0.1, 0.15) is 36.5 Å². The van der Waals surface area contributed by atoms with Crippen molar-refractivity contribution in [3.05, 3.63) is 23.6 Å². The smallest absolute Gasteiger partial charge is 0.268 e. The summed E-state index contributed by atoms with van der Waals surface area (Å²) in [4.78, 5) is 27.1. The molecule has 0 radical (unpaired) electrons. The zero-order valence-corrected chi connectivity index (χ0v) is 12.7. The van der Waals surface area contributed by atoms with Gasteiger partial charge in [0.05, 0.1) is 5.52 Å². The molecule has 0 spiro atoms. The Bertz CT molecular complexity index is 623. The van der Waals surface area contributed by atoms with E-state index in [0.717, 1.165) is 11.3 Å². The number of rotatable bonds is 5. The molecule has 0 saturated carbocycles. The van der Waals surface area contributed by atoms with E-state index < -0.39 is 6.04 Å². The maximum Gasteiger partial charge on any atom is 0.268 e. The first-order chi connectivity index (χ1) is 9.90. The van der Waals surface area contributed by atoms with Crippen LogP contribution in [0.25, 0.3) is 11.1 Å². The van der Waals surface area contributed by atoms with Gasteiger partial charge in [-0.2, -0.15) is 0 Å². The van der Waals surface area contributed by atoms with Gasteiger partial charge < -0.3 is 20.0 Å². The second kappa shape index (κ2) is 6.03. The molecule has 0 aliphatic heterocycles. The lowest BCUT2D eigenvalue weighted by Gasteiger charge is -2.18. The average molecular weight is 291 g/mol. The molecule has 2 rings (SSSR count). The van der Waals surface area contributed by atoms with Crippen LogP contribution in [-0.2, 0) is 4.79 Å². The lowest BCUT2D eigenvalue weighted by atomic mass is 10.0. The molecular formula is C15H21N3O3. The quantitative estimate of drug-likeness (QED) is 0.787. The highest BCUT2D eigenvalue weighted by atomic mass is 16.3. The number of aryl methyl sites for hydroxylation is 1. The van der Waals surface area contributed by atoms with Crippen LogP contribution < -0.4 is 10.6 Å². The topological polar surface area (TPSA) is 87.1 Å². The fourth-order valence-corrected chi connectivity index (χ4v) is 2.28. The largest absolute Gasteiger partial charge is 0.460 e. The van der Waals surface area contributed by atoms with E-state index in [0.29, 0.717) is 23.6 Å². The monoisotopic (exact) mass is 291 g/mol. The summed E-state index contributed by atoms with van der Waals surface area (Å²) in [5, 5.41) is 5.33. The number of hydrogen-bond donors (Lipinski definition) is 3. The standard InChI is InChI=1S/C15H21N3O3/c1-8(2)5-11(14(19)16-4)18-15(20)12-7-13-10(17-12)6-9(3)21-13/h6-8,11,17H,5H2,1-4H3,(H,16,19)(H,18,20)/t11-/m0/s1. The predicted octanol–water partition coefficient (Wildman–Crippen LogP) is 1.96. The van der Waals surface area contributed by atoms with Crippen LogP contribution in [0.2, 0.25) is 0 Å². The Morgan fingerprint density at radius 3 is 2.62 bits per heavy atom. The van der Waals surface area contributed by atoms with Crippen LogP contribution >= 0.6 is 0 Å². The molecule has 2 aromatic heterocycles. The predicted molar refractivity (Wildman–Crippen MR) is 80.1 cm³/mol. The molecule has 0 saturated heterocycles. The highest BCUT2D eigenvalue weighted by molar-refractivity contribution is 5.99.